The number of carbonyl (C=O) groups is 1. The van der Waals surface area contributed by atoms with Crippen molar-refractivity contribution in [3.05, 3.63) is 23.8 Å². The lowest BCUT2D eigenvalue weighted by molar-refractivity contribution is 0.0697. The van der Waals surface area contributed by atoms with Crippen molar-refractivity contribution in [3.8, 4) is 0 Å². The highest BCUT2D eigenvalue weighted by atomic mass is 32.2. The maximum atomic E-state index is 12.0. The molecule has 0 aromatic heterocycles. The number of aliphatic hydroxyl groups is 1. The summed E-state index contributed by atoms with van der Waals surface area (Å²) < 4.78 is 31.5. The molecule has 0 aliphatic carbocycles. The Labute approximate surface area is 141 Å². The summed E-state index contributed by atoms with van der Waals surface area (Å²) in [4.78, 5) is 11.2. The number of benzene rings is 1. The van der Waals surface area contributed by atoms with Gasteiger partial charge in [0.1, 0.15) is 0 Å². The quantitative estimate of drug-likeness (QED) is 0.432. The highest BCUT2D eigenvalue weighted by Gasteiger charge is 2.18. The van der Waals surface area contributed by atoms with E-state index in [4.69, 9.17) is 9.84 Å². The lowest BCUT2D eigenvalue weighted by Crippen LogP contribution is -2.27. The summed E-state index contributed by atoms with van der Waals surface area (Å²) in [6, 6.07) is 3.83. The summed E-state index contributed by atoms with van der Waals surface area (Å²) in [7, 11) is -3.85. The smallest absolute Gasteiger partial charge is 0.337 e. The number of carboxylic acids is 1. The van der Waals surface area contributed by atoms with E-state index in [2.05, 4.69) is 10.0 Å². The largest absolute Gasteiger partial charge is 0.478 e. The van der Waals surface area contributed by atoms with Crippen LogP contribution in [0.15, 0.2) is 23.1 Å². The number of hydrogen-bond donors (Lipinski definition) is 4. The summed E-state index contributed by atoms with van der Waals surface area (Å²) >= 11 is 0. The van der Waals surface area contributed by atoms with Crippen molar-refractivity contribution >= 4 is 21.7 Å². The molecular weight excluding hydrogens is 336 g/mol. The van der Waals surface area contributed by atoms with E-state index >= 15 is 0 Å². The molecule has 1 aromatic carbocycles. The summed E-state index contributed by atoms with van der Waals surface area (Å²) in [6.45, 7) is 4.43. The minimum absolute atomic E-state index is 0.133. The number of carboxylic acid groups (broad SMARTS) is 1. The normalized spacial score (nSPS) is 11.7. The summed E-state index contributed by atoms with van der Waals surface area (Å²) in [6.07, 6.45) is 0.825. The Kier molecular flexibility index (Phi) is 8.13. The molecule has 0 aliphatic rings. The van der Waals surface area contributed by atoms with Gasteiger partial charge in [0.05, 0.1) is 23.2 Å². The molecule has 136 valence electrons. The molecule has 0 radical (unpaired) electrons. The fourth-order valence-corrected chi connectivity index (χ4v) is 2.95. The van der Waals surface area contributed by atoms with Crippen LogP contribution in [0.5, 0.6) is 0 Å². The second-order valence-corrected chi connectivity index (χ2v) is 7.10. The molecule has 0 fully saturated rings. The topological polar surface area (TPSA) is 125 Å². The second kappa shape index (κ2) is 9.58. The zero-order valence-electron chi connectivity index (χ0n) is 13.8. The van der Waals surface area contributed by atoms with E-state index in [1.54, 1.807) is 0 Å². The van der Waals surface area contributed by atoms with E-state index < -0.39 is 16.0 Å². The molecule has 8 nitrogen and oxygen atoms in total. The van der Waals surface area contributed by atoms with Crippen molar-refractivity contribution in [2.75, 3.05) is 31.6 Å². The zero-order valence-corrected chi connectivity index (χ0v) is 14.6. The number of sulfonamides is 1. The molecule has 0 heterocycles. The van der Waals surface area contributed by atoms with Crippen LogP contribution < -0.4 is 10.0 Å². The fourth-order valence-electron chi connectivity index (χ4n) is 1.90. The lowest BCUT2D eigenvalue weighted by Gasteiger charge is -2.13. The first-order valence-corrected chi connectivity index (χ1v) is 9.09. The Hall–Kier alpha value is -1.68. The van der Waals surface area contributed by atoms with Gasteiger partial charge in [0.2, 0.25) is 10.0 Å². The minimum atomic E-state index is -3.85. The van der Waals surface area contributed by atoms with Gasteiger partial charge in [-0.25, -0.2) is 17.9 Å². The Balaban J connectivity index is 2.82. The van der Waals surface area contributed by atoms with Crippen LogP contribution in [0.2, 0.25) is 0 Å². The molecule has 4 N–H and O–H groups in total. The molecule has 9 heteroatoms. The fraction of sp³-hybridized carbons (Fsp3) is 0.533. The van der Waals surface area contributed by atoms with E-state index in [1.807, 2.05) is 13.8 Å². The van der Waals surface area contributed by atoms with E-state index in [-0.39, 0.29) is 29.7 Å². The molecule has 1 rings (SSSR count). The maximum Gasteiger partial charge on any atom is 0.337 e. The SMILES string of the molecule is CC(C)OCCCNc1ccc(S(=O)(=O)NCCO)cc1C(=O)O. The van der Waals surface area contributed by atoms with Gasteiger partial charge in [-0.2, -0.15) is 0 Å². The molecule has 0 saturated heterocycles. The summed E-state index contributed by atoms with van der Waals surface area (Å²) in [5, 5.41) is 21.0. The first-order chi connectivity index (χ1) is 11.3. The number of anilines is 1. The van der Waals surface area contributed by atoms with Crippen molar-refractivity contribution in [2.24, 2.45) is 0 Å². The van der Waals surface area contributed by atoms with Crippen LogP contribution in [0.25, 0.3) is 0 Å². The van der Waals surface area contributed by atoms with E-state index in [0.29, 0.717) is 25.3 Å². The Bertz CT molecular complexity index is 645. The second-order valence-electron chi connectivity index (χ2n) is 5.33. The Morgan fingerprint density at radius 3 is 2.58 bits per heavy atom. The van der Waals surface area contributed by atoms with Crippen molar-refractivity contribution in [2.45, 2.75) is 31.3 Å². The van der Waals surface area contributed by atoms with Crippen molar-refractivity contribution < 1.29 is 28.2 Å². The van der Waals surface area contributed by atoms with Crippen LogP contribution in [-0.2, 0) is 14.8 Å². The monoisotopic (exact) mass is 360 g/mol. The summed E-state index contributed by atoms with van der Waals surface area (Å²) in [5.41, 5.74) is 0.208. The molecule has 0 spiro atoms. The summed E-state index contributed by atoms with van der Waals surface area (Å²) in [5.74, 6) is -1.23. The molecule has 1 aromatic rings. The Morgan fingerprint density at radius 1 is 1.29 bits per heavy atom. The predicted molar refractivity (Wildman–Crippen MR) is 89.9 cm³/mol. The van der Waals surface area contributed by atoms with Crippen molar-refractivity contribution in [3.63, 3.8) is 0 Å². The Morgan fingerprint density at radius 2 is 2.00 bits per heavy atom. The standard InChI is InChI=1S/C15H24N2O6S/c1-11(2)23-9-3-6-16-14-5-4-12(10-13(14)15(19)20)24(21,22)17-7-8-18/h4-5,10-11,16-18H,3,6-9H2,1-2H3,(H,19,20). The number of aromatic carboxylic acids is 1. The third-order valence-electron chi connectivity index (χ3n) is 3.02. The number of nitrogens with one attached hydrogen (secondary N) is 2. The highest BCUT2D eigenvalue weighted by molar-refractivity contribution is 7.89. The maximum absolute atomic E-state index is 12.0. The molecule has 0 amide bonds. The highest BCUT2D eigenvalue weighted by Crippen LogP contribution is 2.20. The van der Waals surface area contributed by atoms with Gasteiger partial charge < -0.3 is 20.3 Å². The first kappa shape index (κ1) is 20.4. The molecular formula is C15H24N2O6S. The van der Waals surface area contributed by atoms with E-state index in [1.165, 1.54) is 12.1 Å². The van der Waals surface area contributed by atoms with Crippen LogP contribution in [0, 0.1) is 0 Å². The number of aliphatic hydroxyl groups excluding tert-OH is 1. The number of ether oxygens (including phenoxy) is 1. The molecule has 24 heavy (non-hydrogen) atoms. The van der Waals surface area contributed by atoms with E-state index in [9.17, 15) is 18.3 Å². The molecule has 0 saturated carbocycles. The van der Waals surface area contributed by atoms with Crippen molar-refractivity contribution in [1.29, 1.82) is 0 Å². The van der Waals surface area contributed by atoms with Gasteiger partial charge in [0.15, 0.2) is 0 Å². The number of hydrogen-bond acceptors (Lipinski definition) is 6. The zero-order chi connectivity index (χ0) is 18.2. The van der Waals surface area contributed by atoms with Gasteiger partial charge in [-0.3, -0.25) is 0 Å². The van der Waals surface area contributed by atoms with Gasteiger partial charge in [0, 0.05) is 25.4 Å². The van der Waals surface area contributed by atoms with Gasteiger partial charge >= 0.3 is 5.97 Å². The van der Waals surface area contributed by atoms with Gasteiger partial charge in [-0.05, 0) is 38.5 Å². The first-order valence-electron chi connectivity index (χ1n) is 7.61. The van der Waals surface area contributed by atoms with Gasteiger partial charge in [-0.1, -0.05) is 0 Å². The van der Waals surface area contributed by atoms with Gasteiger partial charge in [-0.15, -0.1) is 0 Å². The van der Waals surface area contributed by atoms with Crippen LogP contribution in [0.3, 0.4) is 0 Å². The average Bonchev–Trinajstić information content (AvgIpc) is 2.52. The number of rotatable bonds is 11. The van der Waals surface area contributed by atoms with Crippen molar-refractivity contribution in [1.82, 2.24) is 4.72 Å². The lowest BCUT2D eigenvalue weighted by atomic mass is 10.2. The molecule has 0 unspecified atom stereocenters. The van der Waals surface area contributed by atoms with E-state index in [0.717, 1.165) is 6.07 Å². The van der Waals surface area contributed by atoms with Crippen LogP contribution in [-0.4, -0.2) is 57.0 Å². The van der Waals surface area contributed by atoms with Crippen LogP contribution in [0.4, 0.5) is 5.69 Å². The average molecular weight is 360 g/mol. The molecule has 0 aliphatic heterocycles. The molecule has 0 bridgehead atoms. The minimum Gasteiger partial charge on any atom is -0.478 e. The van der Waals surface area contributed by atoms with Crippen LogP contribution in [0.1, 0.15) is 30.6 Å². The van der Waals surface area contributed by atoms with Crippen LogP contribution >= 0.6 is 0 Å². The molecule has 0 atom stereocenters. The third kappa shape index (κ3) is 6.44. The van der Waals surface area contributed by atoms with Gasteiger partial charge in [0.25, 0.3) is 0 Å². The third-order valence-corrected chi connectivity index (χ3v) is 4.48. The predicted octanol–water partition coefficient (Wildman–Crippen LogP) is 0.882.